The molecule has 1 amide bonds. The SMILES string of the molecule is COC(c1ccc(C(=O)CCCCCCCC(=O)NO)cc1)(c1ccccn1)c1ccccn1. The molecule has 0 aliphatic rings. The Morgan fingerprint density at radius 3 is 1.88 bits per heavy atom. The molecule has 0 saturated carbocycles. The molecule has 0 atom stereocenters. The van der Waals surface area contributed by atoms with Gasteiger partial charge in [-0.25, -0.2) is 5.48 Å². The Hall–Kier alpha value is -3.42. The Morgan fingerprint density at radius 1 is 0.824 bits per heavy atom. The number of pyridine rings is 2. The number of carbonyl (C=O) groups is 2. The van der Waals surface area contributed by atoms with Crippen molar-refractivity contribution in [3.05, 3.63) is 95.6 Å². The van der Waals surface area contributed by atoms with Crippen molar-refractivity contribution in [2.45, 2.75) is 50.5 Å². The third-order valence-corrected chi connectivity index (χ3v) is 5.90. The van der Waals surface area contributed by atoms with Gasteiger partial charge in [0.25, 0.3) is 0 Å². The number of rotatable bonds is 13. The molecular formula is C27H31N3O4. The van der Waals surface area contributed by atoms with Gasteiger partial charge in [0.1, 0.15) is 0 Å². The van der Waals surface area contributed by atoms with Crippen molar-refractivity contribution < 1.29 is 19.5 Å². The molecule has 3 aromatic rings. The quantitative estimate of drug-likeness (QED) is 0.164. The standard InChI is InChI=1S/C27H31N3O4/c1-34-27(24-12-7-9-19-28-24,25-13-8-10-20-29-25)22-17-15-21(16-18-22)23(31)11-5-3-2-4-6-14-26(32)30-33/h7-10,12-13,15-20,33H,2-6,11,14H2,1H3,(H,30,32). The highest BCUT2D eigenvalue weighted by atomic mass is 16.5. The van der Waals surface area contributed by atoms with Crippen LogP contribution in [0, 0.1) is 0 Å². The van der Waals surface area contributed by atoms with E-state index in [1.54, 1.807) is 25.0 Å². The van der Waals surface area contributed by atoms with Crippen LogP contribution in [-0.2, 0) is 15.1 Å². The van der Waals surface area contributed by atoms with Gasteiger partial charge in [-0.05, 0) is 42.7 Å². The van der Waals surface area contributed by atoms with Crippen LogP contribution in [0.1, 0.15) is 72.3 Å². The van der Waals surface area contributed by atoms with E-state index in [0.717, 1.165) is 37.7 Å². The number of ether oxygens (including phenoxy) is 1. The number of nitrogens with one attached hydrogen (secondary N) is 1. The summed E-state index contributed by atoms with van der Waals surface area (Å²) in [4.78, 5) is 32.8. The normalized spacial score (nSPS) is 11.2. The van der Waals surface area contributed by atoms with Crippen LogP contribution in [0.2, 0.25) is 0 Å². The van der Waals surface area contributed by atoms with E-state index in [1.807, 2.05) is 60.7 Å². The minimum Gasteiger partial charge on any atom is -0.361 e. The van der Waals surface area contributed by atoms with Gasteiger partial charge in [0.05, 0.1) is 11.4 Å². The average molecular weight is 462 g/mol. The van der Waals surface area contributed by atoms with Crippen LogP contribution >= 0.6 is 0 Å². The third-order valence-electron chi connectivity index (χ3n) is 5.90. The summed E-state index contributed by atoms with van der Waals surface area (Å²) in [5, 5.41) is 8.49. The lowest BCUT2D eigenvalue weighted by atomic mass is 9.85. The number of hydrogen-bond donors (Lipinski definition) is 2. The molecule has 0 radical (unpaired) electrons. The fourth-order valence-corrected chi connectivity index (χ4v) is 4.09. The van der Waals surface area contributed by atoms with Gasteiger partial charge in [-0.15, -0.1) is 0 Å². The topological polar surface area (TPSA) is 101 Å². The molecule has 1 aromatic carbocycles. The molecule has 0 aliphatic heterocycles. The summed E-state index contributed by atoms with van der Waals surface area (Å²) in [5.74, 6) is -0.257. The van der Waals surface area contributed by atoms with E-state index in [2.05, 4.69) is 9.97 Å². The molecule has 0 spiro atoms. The number of Topliss-reactive ketones (excluding diaryl/α,β-unsaturated/α-hetero) is 1. The summed E-state index contributed by atoms with van der Waals surface area (Å²) in [6, 6.07) is 18.9. The monoisotopic (exact) mass is 461 g/mol. The highest BCUT2D eigenvalue weighted by Gasteiger charge is 2.39. The zero-order valence-electron chi connectivity index (χ0n) is 19.4. The first-order valence-electron chi connectivity index (χ1n) is 11.6. The van der Waals surface area contributed by atoms with Crippen LogP contribution in [0.15, 0.2) is 73.1 Å². The van der Waals surface area contributed by atoms with Crippen molar-refractivity contribution in [3.63, 3.8) is 0 Å². The van der Waals surface area contributed by atoms with E-state index in [-0.39, 0.29) is 11.7 Å². The third kappa shape index (κ3) is 6.12. The maximum atomic E-state index is 12.7. The van der Waals surface area contributed by atoms with E-state index in [0.29, 0.717) is 29.8 Å². The fourth-order valence-electron chi connectivity index (χ4n) is 4.09. The maximum absolute atomic E-state index is 12.7. The van der Waals surface area contributed by atoms with Crippen LogP contribution in [0.25, 0.3) is 0 Å². The molecule has 0 fully saturated rings. The average Bonchev–Trinajstić information content (AvgIpc) is 2.90. The number of methoxy groups -OCH3 is 1. The molecule has 178 valence electrons. The number of benzene rings is 1. The van der Waals surface area contributed by atoms with E-state index in [9.17, 15) is 9.59 Å². The van der Waals surface area contributed by atoms with Gasteiger partial charge < -0.3 is 4.74 Å². The zero-order valence-corrected chi connectivity index (χ0v) is 19.4. The van der Waals surface area contributed by atoms with Crippen LogP contribution < -0.4 is 5.48 Å². The first-order chi connectivity index (χ1) is 16.6. The molecule has 3 rings (SSSR count). The summed E-state index contributed by atoms with van der Waals surface area (Å²) in [7, 11) is 1.64. The number of nitrogens with zero attached hydrogens (tertiary/aromatic N) is 2. The molecule has 2 N–H and O–H groups in total. The number of aromatic nitrogens is 2. The number of unbranched alkanes of at least 4 members (excludes halogenated alkanes) is 4. The van der Waals surface area contributed by atoms with Crippen molar-refractivity contribution in [1.29, 1.82) is 0 Å². The lowest BCUT2D eigenvalue weighted by molar-refractivity contribution is -0.129. The second-order valence-electron chi connectivity index (χ2n) is 8.12. The Kier molecular flexibility index (Phi) is 9.43. The first kappa shape index (κ1) is 25.2. The summed E-state index contributed by atoms with van der Waals surface area (Å²) in [6.07, 6.45) is 8.57. The van der Waals surface area contributed by atoms with Crippen molar-refractivity contribution >= 4 is 11.7 Å². The van der Waals surface area contributed by atoms with Crippen LogP contribution in [0.5, 0.6) is 0 Å². The predicted molar refractivity (Wildman–Crippen MR) is 128 cm³/mol. The molecule has 0 bridgehead atoms. The van der Waals surface area contributed by atoms with Gasteiger partial charge in [0, 0.05) is 37.9 Å². The molecule has 0 unspecified atom stereocenters. The number of carbonyl (C=O) groups excluding carboxylic acids is 2. The van der Waals surface area contributed by atoms with Crippen molar-refractivity contribution in [3.8, 4) is 0 Å². The molecule has 0 saturated heterocycles. The summed E-state index contributed by atoms with van der Waals surface area (Å²) < 4.78 is 6.08. The number of hydrogen-bond acceptors (Lipinski definition) is 6. The number of ketones is 1. The highest BCUT2D eigenvalue weighted by Crippen LogP contribution is 2.37. The molecule has 2 aromatic heterocycles. The lowest BCUT2D eigenvalue weighted by Gasteiger charge is -2.32. The minimum absolute atomic E-state index is 0.102. The summed E-state index contributed by atoms with van der Waals surface area (Å²) in [6.45, 7) is 0. The van der Waals surface area contributed by atoms with Gasteiger partial charge in [-0.3, -0.25) is 24.8 Å². The van der Waals surface area contributed by atoms with Crippen molar-refractivity contribution in [1.82, 2.24) is 15.4 Å². The molecule has 34 heavy (non-hydrogen) atoms. The molecule has 2 heterocycles. The Morgan fingerprint density at radius 2 is 1.38 bits per heavy atom. The van der Waals surface area contributed by atoms with Crippen LogP contribution in [0.3, 0.4) is 0 Å². The molecule has 7 heteroatoms. The summed E-state index contributed by atoms with van der Waals surface area (Å²) in [5.41, 5.74) is 3.58. The van der Waals surface area contributed by atoms with Gasteiger partial charge in [-0.1, -0.05) is 55.7 Å². The first-order valence-corrected chi connectivity index (χ1v) is 11.6. The number of hydroxylamine groups is 1. The molecule has 0 aliphatic carbocycles. The van der Waals surface area contributed by atoms with E-state index < -0.39 is 5.60 Å². The van der Waals surface area contributed by atoms with Gasteiger partial charge in [-0.2, -0.15) is 0 Å². The van der Waals surface area contributed by atoms with E-state index in [4.69, 9.17) is 9.94 Å². The Bertz CT molecular complexity index is 1000. The lowest BCUT2D eigenvalue weighted by Crippen LogP contribution is -2.33. The predicted octanol–water partition coefficient (Wildman–Crippen LogP) is 4.83. The van der Waals surface area contributed by atoms with Crippen LogP contribution in [-0.4, -0.2) is 34.0 Å². The summed E-state index contributed by atoms with van der Waals surface area (Å²) >= 11 is 0. The number of amides is 1. The fraction of sp³-hybridized carbons (Fsp3) is 0.333. The van der Waals surface area contributed by atoms with Crippen molar-refractivity contribution in [2.24, 2.45) is 0 Å². The Labute approximate surface area is 200 Å². The molecular weight excluding hydrogens is 430 g/mol. The van der Waals surface area contributed by atoms with E-state index in [1.165, 1.54) is 0 Å². The second kappa shape index (κ2) is 12.7. The van der Waals surface area contributed by atoms with Gasteiger partial charge in [0.2, 0.25) is 5.91 Å². The maximum Gasteiger partial charge on any atom is 0.243 e. The smallest absolute Gasteiger partial charge is 0.243 e. The minimum atomic E-state index is -0.989. The zero-order chi connectivity index (χ0) is 24.2. The second-order valence-corrected chi connectivity index (χ2v) is 8.12. The molecule has 7 nitrogen and oxygen atoms in total. The van der Waals surface area contributed by atoms with Gasteiger partial charge >= 0.3 is 0 Å². The van der Waals surface area contributed by atoms with Gasteiger partial charge in [0.15, 0.2) is 11.4 Å². The highest BCUT2D eigenvalue weighted by molar-refractivity contribution is 5.96. The van der Waals surface area contributed by atoms with Crippen molar-refractivity contribution in [2.75, 3.05) is 7.11 Å². The Balaban J connectivity index is 1.67. The van der Waals surface area contributed by atoms with Crippen LogP contribution in [0.4, 0.5) is 0 Å². The van der Waals surface area contributed by atoms with E-state index >= 15 is 0 Å². The largest absolute Gasteiger partial charge is 0.361 e.